The SMILES string of the molecule is Cc1c(F)ccc(C(=O)NCCC(C)(F)F)c1N. The number of carbonyl (C=O) groups excluding carboxylic acids is 1. The van der Waals surface area contributed by atoms with E-state index in [2.05, 4.69) is 5.32 Å². The summed E-state index contributed by atoms with van der Waals surface area (Å²) in [7, 11) is 0. The van der Waals surface area contributed by atoms with E-state index in [4.69, 9.17) is 5.73 Å². The maximum atomic E-state index is 13.1. The lowest BCUT2D eigenvalue weighted by Crippen LogP contribution is -2.29. The zero-order chi connectivity index (χ0) is 13.9. The van der Waals surface area contributed by atoms with Gasteiger partial charge in [-0.1, -0.05) is 0 Å². The highest BCUT2D eigenvalue weighted by atomic mass is 19.3. The van der Waals surface area contributed by atoms with Gasteiger partial charge in [0.25, 0.3) is 5.91 Å². The number of nitrogen functional groups attached to an aromatic ring is 1. The minimum absolute atomic E-state index is 0.0239. The standard InChI is InChI=1S/C12H15F3N2O/c1-7-9(13)4-3-8(10(7)16)11(18)17-6-5-12(2,14)15/h3-4H,5-6,16H2,1-2H3,(H,17,18). The molecular weight excluding hydrogens is 245 g/mol. The van der Waals surface area contributed by atoms with E-state index in [0.29, 0.717) is 0 Å². The van der Waals surface area contributed by atoms with Crippen molar-refractivity contribution in [2.24, 2.45) is 0 Å². The average molecular weight is 260 g/mol. The number of alkyl halides is 2. The molecule has 0 bridgehead atoms. The van der Waals surface area contributed by atoms with Crippen LogP contribution in [0.2, 0.25) is 0 Å². The van der Waals surface area contributed by atoms with Crippen molar-refractivity contribution in [3.63, 3.8) is 0 Å². The molecule has 0 heterocycles. The summed E-state index contributed by atoms with van der Waals surface area (Å²) in [5, 5.41) is 2.32. The van der Waals surface area contributed by atoms with Crippen molar-refractivity contribution in [2.45, 2.75) is 26.2 Å². The Labute approximate surface area is 103 Å². The van der Waals surface area contributed by atoms with Gasteiger partial charge in [0, 0.05) is 18.5 Å². The molecule has 0 atom stereocenters. The maximum Gasteiger partial charge on any atom is 0.253 e. The zero-order valence-corrected chi connectivity index (χ0v) is 10.2. The summed E-state index contributed by atoms with van der Waals surface area (Å²) in [5.74, 6) is -3.93. The zero-order valence-electron chi connectivity index (χ0n) is 10.2. The quantitative estimate of drug-likeness (QED) is 0.817. The third kappa shape index (κ3) is 3.65. The highest BCUT2D eigenvalue weighted by molar-refractivity contribution is 5.99. The topological polar surface area (TPSA) is 55.1 Å². The van der Waals surface area contributed by atoms with Crippen LogP contribution in [0.5, 0.6) is 0 Å². The Morgan fingerprint density at radius 1 is 1.44 bits per heavy atom. The van der Waals surface area contributed by atoms with Gasteiger partial charge in [-0.05, 0) is 26.0 Å². The van der Waals surface area contributed by atoms with E-state index >= 15 is 0 Å². The van der Waals surface area contributed by atoms with Crippen LogP contribution in [0.15, 0.2) is 12.1 Å². The molecule has 1 aromatic rings. The maximum absolute atomic E-state index is 13.1. The molecule has 1 rings (SSSR count). The Morgan fingerprint density at radius 2 is 2.06 bits per heavy atom. The van der Waals surface area contributed by atoms with E-state index < -0.39 is 24.1 Å². The molecule has 0 unspecified atom stereocenters. The fraction of sp³-hybridized carbons (Fsp3) is 0.417. The number of anilines is 1. The molecule has 1 amide bonds. The van der Waals surface area contributed by atoms with Crippen LogP contribution in [0.1, 0.15) is 29.3 Å². The number of nitrogens with one attached hydrogen (secondary N) is 1. The van der Waals surface area contributed by atoms with Crippen molar-refractivity contribution in [1.29, 1.82) is 0 Å². The monoisotopic (exact) mass is 260 g/mol. The highest BCUT2D eigenvalue weighted by Gasteiger charge is 2.21. The van der Waals surface area contributed by atoms with Crippen molar-refractivity contribution < 1.29 is 18.0 Å². The molecule has 6 heteroatoms. The van der Waals surface area contributed by atoms with Gasteiger partial charge in [0.05, 0.1) is 11.3 Å². The number of benzene rings is 1. The van der Waals surface area contributed by atoms with Gasteiger partial charge in [-0.15, -0.1) is 0 Å². The molecule has 0 radical (unpaired) electrons. The summed E-state index contributed by atoms with van der Waals surface area (Å²) in [6, 6.07) is 2.35. The summed E-state index contributed by atoms with van der Waals surface area (Å²) in [5.41, 5.74) is 5.88. The smallest absolute Gasteiger partial charge is 0.253 e. The second kappa shape index (κ2) is 5.29. The molecule has 0 aliphatic heterocycles. The number of amides is 1. The van der Waals surface area contributed by atoms with Crippen LogP contribution in [-0.2, 0) is 0 Å². The molecule has 0 spiro atoms. The van der Waals surface area contributed by atoms with E-state index in [0.717, 1.165) is 13.0 Å². The number of hydrogen-bond acceptors (Lipinski definition) is 2. The first-order valence-corrected chi connectivity index (χ1v) is 5.43. The fourth-order valence-electron chi connectivity index (χ4n) is 1.39. The third-order valence-electron chi connectivity index (χ3n) is 2.54. The van der Waals surface area contributed by atoms with E-state index in [9.17, 15) is 18.0 Å². The van der Waals surface area contributed by atoms with Gasteiger partial charge in [0.1, 0.15) is 5.82 Å². The fourth-order valence-corrected chi connectivity index (χ4v) is 1.39. The average Bonchev–Trinajstić information content (AvgIpc) is 2.24. The Hall–Kier alpha value is -1.72. The van der Waals surface area contributed by atoms with Crippen molar-refractivity contribution in [3.05, 3.63) is 29.1 Å². The number of hydrogen-bond donors (Lipinski definition) is 2. The van der Waals surface area contributed by atoms with Crippen LogP contribution in [-0.4, -0.2) is 18.4 Å². The van der Waals surface area contributed by atoms with Crippen molar-refractivity contribution in [3.8, 4) is 0 Å². The minimum Gasteiger partial charge on any atom is -0.398 e. The van der Waals surface area contributed by atoms with Gasteiger partial charge < -0.3 is 11.1 Å². The van der Waals surface area contributed by atoms with E-state index in [1.807, 2.05) is 0 Å². The van der Waals surface area contributed by atoms with Crippen LogP contribution in [0.25, 0.3) is 0 Å². The summed E-state index contributed by atoms with van der Waals surface area (Å²) in [4.78, 5) is 11.7. The summed E-state index contributed by atoms with van der Waals surface area (Å²) in [6.45, 7) is 2.05. The van der Waals surface area contributed by atoms with E-state index in [-0.39, 0.29) is 23.4 Å². The molecule has 1 aromatic carbocycles. The molecule has 18 heavy (non-hydrogen) atoms. The Bertz CT molecular complexity index is 455. The lowest BCUT2D eigenvalue weighted by atomic mass is 10.1. The van der Waals surface area contributed by atoms with Crippen molar-refractivity contribution >= 4 is 11.6 Å². The lowest BCUT2D eigenvalue weighted by Gasteiger charge is -2.12. The summed E-state index contributed by atoms with van der Waals surface area (Å²) in [6.07, 6.45) is -0.460. The number of carbonyl (C=O) groups is 1. The molecule has 0 aliphatic rings. The predicted molar refractivity (Wildman–Crippen MR) is 63.1 cm³/mol. The molecule has 0 saturated carbocycles. The van der Waals surface area contributed by atoms with Gasteiger partial charge in [0.15, 0.2) is 0 Å². The summed E-state index contributed by atoms with van der Waals surface area (Å²) >= 11 is 0. The Kier molecular flexibility index (Phi) is 4.21. The van der Waals surface area contributed by atoms with Crippen LogP contribution in [0, 0.1) is 12.7 Å². The molecular formula is C12H15F3N2O. The first-order chi connectivity index (χ1) is 8.22. The number of rotatable bonds is 4. The van der Waals surface area contributed by atoms with Crippen LogP contribution in [0.4, 0.5) is 18.9 Å². The van der Waals surface area contributed by atoms with Gasteiger partial charge in [-0.25, -0.2) is 13.2 Å². The molecule has 0 aromatic heterocycles. The van der Waals surface area contributed by atoms with Gasteiger partial charge in [-0.3, -0.25) is 4.79 Å². The minimum atomic E-state index is -2.84. The molecule has 3 nitrogen and oxygen atoms in total. The van der Waals surface area contributed by atoms with Gasteiger partial charge >= 0.3 is 0 Å². The van der Waals surface area contributed by atoms with Crippen molar-refractivity contribution in [1.82, 2.24) is 5.32 Å². The van der Waals surface area contributed by atoms with Gasteiger partial charge in [0.2, 0.25) is 5.92 Å². The molecule has 100 valence electrons. The van der Waals surface area contributed by atoms with E-state index in [1.165, 1.54) is 13.0 Å². The number of halogens is 3. The highest BCUT2D eigenvalue weighted by Crippen LogP contribution is 2.20. The predicted octanol–water partition coefficient (Wildman–Crippen LogP) is 2.49. The summed E-state index contributed by atoms with van der Waals surface area (Å²) < 4.78 is 38.2. The molecule has 0 saturated heterocycles. The third-order valence-corrected chi connectivity index (χ3v) is 2.54. The number of nitrogens with two attached hydrogens (primary N) is 1. The first-order valence-electron chi connectivity index (χ1n) is 5.43. The Balaban J connectivity index is 2.71. The van der Waals surface area contributed by atoms with Crippen molar-refractivity contribution in [2.75, 3.05) is 12.3 Å². The second-order valence-electron chi connectivity index (χ2n) is 4.21. The largest absolute Gasteiger partial charge is 0.398 e. The van der Waals surface area contributed by atoms with E-state index in [1.54, 1.807) is 0 Å². The van der Waals surface area contributed by atoms with Crippen LogP contribution < -0.4 is 11.1 Å². The van der Waals surface area contributed by atoms with Crippen LogP contribution in [0.3, 0.4) is 0 Å². The molecule has 0 aliphatic carbocycles. The van der Waals surface area contributed by atoms with Crippen LogP contribution >= 0.6 is 0 Å². The first kappa shape index (κ1) is 14.3. The van der Waals surface area contributed by atoms with Gasteiger partial charge in [-0.2, -0.15) is 0 Å². The molecule has 3 N–H and O–H groups in total. The molecule has 0 fully saturated rings. The lowest BCUT2D eigenvalue weighted by molar-refractivity contribution is 0.0137. The normalized spacial score (nSPS) is 11.4. The second-order valence-corrected chi connectivity index (χ2v) is 4.21. The Morgan fingerprint density at radius 3 is 2.61 bits per heavy atom.